The summed E-state index contributed by atoms with van der Waals surface area (Å²) in [4.78, 5) is 11.2. The van der Waals surface area contributed by atoms with Gasteiger partial charge in [-0.2, -0.15) is 0 Å². The smallest absolute Gasteiger partial charge is 0.224 e. The van der Waals surface area contributed by atoms with Crippen LogP contribution >= 0.6 is 0 Å². The summed E-state index contributed by atoms with van der Waals surface area (Å²) in [5.41, 5.74) is 0.697. The van der Waals surface area contributed by atoms with Crippen molar-refractivity contribution in [3.05, 3.63) is 31.2 Å². The Labute approximate surface area is 84.1 Å². The van der Waals surface area contributed by atoms with Gasteiger partial charge in [0, 0.05) is 6.42 Å². The maximum atomic E-state index is 11.2. The van der Waals surface area contributed by atoms with E-state index in [0.29, 0.717) is 24.5 Å². The second-order valence-corrected chi connectivity index (χ2v) is 2.75. The van der Waals surface area contributed by atoms with E-state index in [9.17, 15) is 4.79 Å². The van der Waals surface area contributed by atoms with E-state index in [1.807, 2.05) is 12.1 Å². The maximum absolute atomic E-state index is 11.2. The van der Waals surface area contributed by atoms with E-state index in [0.717, 1.165) is 0 Å². The molecule has 1 aromatic rings. The highest BCUT2D eigenvalue weighted by molar-refractivity contribution is 5.91. The fourth-order valence-electron chi connectivity index (χ4n) is 1.04. The molecule has 1 N–H and O–H groups in total. The summed E-state index contributed by atoms with van der Waals surface area (Å²) in [7, 11) is 0. The van der Waals surface area contributed by atoms with Crippen LogP contribution in [0.25, 0.3) is 0 Å². The lowest BCUT2D eigenvalue weighted by Gasteiger charge is -2.10. The number of ether oxygens (including phenoxy) is 1. The second-order valence-electron chi connectivity index (χ2n) is 2.75. The molecule has 3 nitrogen and oxygen atoms in total. The normalized spacial score (nSPS) is 9.57. The molecule has 0 spiro atoms. The van der Waals surface area contributed by atoms with Gasteiger partial charge in [0.2, 0.25) is 5.91 Å². The average molecular weight is 192 g/mol. The van der Waals surface area contributed by atoms with Gasteiger partial charge >= 0.3 is 0 Å². The van der Waals surface area contributed by atoms with Crippen LogP contribution < -0.4 is 10.1 Å². The molecular weight excluding hydrogens is 178 g/mol. The van der Waals surface area contributed by atoms with Crippen molar-refractivity contribution in [3.63, 3.8) is 0 Å². The summed E-state index contributed by atoms with van der Waals surface area (Å²) in [6, 6.07) is 7.31. The van der Waals surface area contributed by atoms with Gasteiger partial charge in [-0.25, -0.2) is 0 Å². The zero-order chi connectivity index (χ0) is 10.4. The van der Waals surface area contributed by atoms with Crippen LogP contribution in [0.5, 0.6) is 5.75 Å². The van der Waals surface area contributed by atoms with Crippen molar-refractivity contribution < 1.29 is 9.53 Å². The number of hydrogen-bond donors (Lipinski definition) is 1. The molecule has 0 aromatic heterocycles. The lowest BCUT2D eigenvalue weighted by atomic mass is 10.3. The molecule has 3 heteroatoms. The Bertz CT molecular complexity index is 310. The Balaban J connectivity index is 2.78. The van der Waals surface area contributed by atoms with Crippen LogP contribution in [0.2, 0.25) is 0 Å². The Morgan fingerprint density at radius 2 is 2.21 bits per heavy atom. The minimum absolute atomic E-state index is 0.0230. The Morgan fingerprint density at radius 1 is 1.50 bits per heavy atom. The summed E-state index contributed by atoms with van der Waals surface area (Å²) in [6.07, 6.45) is 0.457. The number of amides is 1. The number of hydrogen-bond acceptors (Lipinski definition) is 2. The number of carbonyl (C=O) groups excluding carboxylic acids is 1. The largest absolute Gasteiger partial charge is 0.491 e. The van der Waals surface area contributed by atoms with Crippen LogP contribution in [0.15, 0.2) is 24.3 Å². The molecule has 0 saturated heterocycles. The monoisotopic (exact) mass is 192 g/mol. The zero-order valence-corrected chi connectivity index (χ0v) is 8.25. The van der Waals surface area contributed by atoms with Crippen molar-refractivity contribution >= 4 is 11.6 Å². The van der Waals surface area contributed by atoms with Gasteiger partial charge in [-0.1, -0.05) is 19.1 Å². The molecule has 1 radical (unpaired) electrons. The van der Waals surface area contributed by atoms with Crippen LogP contribution in [0, 0.1) is 6.92 Å². The number of nitrogens with one attached hydrogen (secondary N) is 1. The van der Waals surface area contributed by atoms with Crippen LogP contribution in [0.3, 0.4) is 0 Å². The molecule has 0 heterocycles. The van der Waals surface area contributed by atoms with E-state index in [2.05, 4.69) is 12.2 Å². The minimum atomic E-state index is -0.0230. The fourth-order valence-corrected chi connectivity index (χ4v) is 1.04. The lowest BCUT2D eigenvalue weighted by Crippen LogP contribution is -2.10. The minimum Gasteiger partial charge on any atom is -0.491 e. The highest BCUT2D eigenvalue weighted by Crippen LogP contribution is 2.23. The van der Waals surface area contributed by atoms with Crippen molar-refractivity contribution in [1.82, 2.24) is 0 Å². The van der Waals surface area contributed by atoms with E-state index >= 15 is 0 Å². The molecule has 0 aliphatic rings. The summed E-state index contributed by atoms with van der Waals surface area (Å²) in [6.45, 7) is 5.74. The lowest BCUT2D eigenvalue weighted by molar-refractivity contribution is -0.115. The first-order chi connectivity index (χ1) is 6.77. The van der Waals surface area contributed by atoms with Gasteiger partial charge in [0.05, 0.1) is 12.3 Å². The van der Waals surface area contributed by atoms with E-state index in [1.165, 1.54) is 0 Å². The number of carbonyl (C=O) groups is 1. The first-order valence-corrected chi connectivity index (χ1v) is 4.58. The van der Waals surface area contributed by atoms with Gasteiger partial charge in [-0.15, -0.1) is 0 Å². The third kappa shape index (κ3) is 2.76. The Morgan fingerprint density at radius 3 is 2.86 bits per heavy atom. The SMILES string of the molecule is [CH2]COc1ccccc1NC(=O)CC. The second kappa shape index (κ2) is 5.27. The molecule has 14 heavy (non-hydrogen) atoms. The molecule has 75 valence electrons. The van der Waals surface area contributed by atoms with Crippen LogP contribution in [-0.4, -0.2) is 12.5 Å². The molecule has 1 amide bonds. The van der Waals surface area contributed by atoms with E-state index in [-0.39, 0.29) is 5.91 Å². The molecule has 0 saturated carbocycles. The summed E-state index contributed by atoms with van der Waals surface area (Å²) in [5.74, 6) is 0.634. The fraction of sp³-hybridized carbons (Fsp3) is 0.273. The third-order valence-electron chi connectivity index (χ3n) is 1.74. The first kappa shape index (κ1) is 10.6. The predicted octanol–water partition coefficient (Wildman–Crippen LogP) is 2.25. The van der Waals surface area contributed by atoms with Crippen molar-refractivity contribution in [2.75, 3.05) is 11.9 Å². The maximum Gasteiger partial charge on any atom is 0.224 e. The highest BCUT2D eigenvalue weighted by atomic mass is 16.5. The topological polar surface area (TPSA) is 38.3 Å². The quantitative estimate of drug-likeness (QED) is 0.794. The third-order valence-corrected chi connectivity index (χ3v) is 1.74. The van der Waals surface area contributed by atoms with Gasteiger partial charge < -0.3 is 10.1 Å². The Hall–Kier alpha value is -1.51. The molecule has 0 aliphatic heterocycles. The number of rotatable bonds is 4. The number of para-hydroxylation sites is 2. The molecule has 0 atom stereocenters. The van der Waals surface area contributed by atoms with E-state index in [1.54, 1.807) is 19.1 Å². The molecule has 1 aromatic carbocycles. The molecule has 0 aliphatic carbocycles. The predicted molar refractivity (Wildman–Crippen MR) is 56.2 cm³/mol. The molecule has 0 unspecified atom stereocenters. The van der Waals surface area contributed by atoms with Crippen molar-refractivity contribution in [2.24, 2.45) is 0 Å². The van der Waals surface area contributed by atoms with Crippen LogP contribution in [-0.2, 0) is 4.79 Å². The van der Waals surface area contributed by atoms with E-state index in [4.69, 9.17) is 4.74 Å². The average Bonchev–Trinajstić information content (AvgIpc) is 2.21. The van der Waals surface area contributed by atoms with Crippen molar-refractivity contribution in [2.45, 2.75) is 13.3 Å². The molecular formula is C11H14NO2. The summed E-state index contributed by atoms with van der Waals surface area (Å²) >= 11 is 0. The van der Waals surface area contributed by atoms with Crippen LogP contribution in [0.1, 0.15) is 13.3 Å². The highest BCUT2D eigenvalue weighted by Gasteiger charge is 2.04. The van der Waals surface area contributed by atoms with Gasteiger partial charge in [-0.05, 0) is 19.1 Å². The van der Waals surface area contributed by atoms with Gasteiger partial charge in [0.1, 0.15) is 5.75 Å². The van der Waals surface area contributed by atoms with Gasteiger partial charge in [-0.3, -0.25) is 4.79 Å². The Kier molecular flexibility index (Phi) is 3.98. The molecule has 0 fully saturated rings. The van der Waals surface area contributed by atoms with Crippen LogP contribution in [0.4, 0.5) is 5.69 Å². The van der Waals surface area contributed by atoms with Gasteiger partial charge in [0.15, 0.2) is 0 Å². The van der Waals surface area contributed by atoms with Gasteiger partial charge in [0.25, 0.3) is 0 Å². The molecule has 0 bridgehead atoms. The zero-order valence-electron chi connectivity index (χ0n) is 8.25. The number of anilines is 1. The first-order valence-electron chi connectivity index (χ1n) is 4.58. The van der Waals surface area contributed by atoms with E-state index < -0.39 is 0 Å². The van der Waals surface area contributed by atoms with Crippen molar-refractivity contribution in [1.29, 1.82) is 0 Å². The molecule has 1 rings (SSSR count). The summed E-state index contributed by atoms with van der Waals surface area (Å²) < 4.78 is 5.26. The number of benzene rings is 1. The van der Waals surface area contributed by atoms with Crippen molar-refractivity contribution in [3.8, 4) is 5.75 Å². The standard InChI is InChI=1S/C11H14NO2/c1-3-11(13)12-9-7-5-6-8-10(9)14-4-2/h5-8H,2-4H2,1H3,(H,12,13). The summed E-state index contributed by atoms with van der Waals surface area (Å²) in [5, 5.41) is 2.75.